The summed E-state index contributed by atoms with van der Waals surface area (Å²) >= 11 is 0. The molecule has 0 bridgehead atoms. The van der Waals surface area contributed by atoms with Crippen molar-refractivity contribution in [2.24, 2.45) is 11.3 Å². The van der Waals surface area contributed by atoms with Gasteiger partial charge < -0.3 is 9.47 Å². The summed E-state index contributed by atoms with van der Waals surface area (Å²) in [6, 6.07) is 0. The van der Waals surface area contributed by atoms with Crippen LogP contribution in [0.25, 0.3) is 0 Å². The molecular formula is C13H18O4. The monoisotopic (exact) mass is 238 g/mol. The van der Waals surface area contributed by atoms with Gasteiger partial charge in [0, 0.05) is 5.92 Å². The number of carbonyl (C=O) groups excluding carboxylic acids is 2. The fraction of sp³-hybridized carbons (Fsp3) is 0.615. The fourth-order valence-corrected chi connectivity index (χ4v) is 1.96. The standard InChI is InChI=1S/C13H18O4/c1-5-9(4)10-8-13(10,11(14)16-6-2)12(15)17-7-3/h10H,1,6-8H2,2-4H3. The molecule has 94 valence electrons. The molecule has 1 atom stereocenters. The lowest BCUT2D eigenvalue weighted by molar-refractivity contribution is -0.164. The summed E-state index contributed by atoms with van der Waals surface area (Å²) in [5, 5.41) is 0. The summed E-state index contributed by atoms with van der Waals surface area (Å²) in [6.45, 7) is 9.27. The molecule has 0 N–H and O–H groups in total. The van der Waals surface area contributed by atoms with Gasteiger partial charge in [-0.25, -0.2) is 0 Å². The van der Waals surface area contributed by atoms with E-state index in [0.717, 1.165) is 5.57 Å². The van der Waals surface area contributed by atoms with Gasteiger partial charge in [-0.05, 0) is 32.8 Å². The van der Waals surface area contributed by atoms with Crippen molar-refractivity contribution in [1.82, 2.24) is 0 Å². The van der Waals surface area contributed by atoms with Gasteiger partial charge in [0.1, 0.15) is 0 Å². The van der Waals surface area contributed by atoms with Crippen LogP contribution in [-0.4, -0.2) is 25.2 Å². The van der Waals surface area contributed by atoms with E-state index < -0.39 is 17.4 Å². The second kappa shape index (κ2) is 5.19. The average Bonchev–Trinajstić information content (AvgIpc) is 3.05. The molecular weight excluding hydrogens is 220 g/mol. The highest BCUT2D eigenvalue weighted by molar-refractivity contribution is 6.04. The molecule has 0 aromatic heterocycles. The van der Waals surface area contributed by atoms with Crippen molar-refractivity contribution >= 4 is 11.9 Å². The first-order valence-corrected chi connectivity index (χ1v) is 5.75. The van der Waals surface area contributed by atoms with Gasteiger partial charge in [0.25, 0.3) is 0 Å². The Morgan fingerprint density at radius 1 is 1.29 bits per heavy atom. The first-order valence-electron chi connectivity index (χ1n) is 5.75. The molecule has 1 fully saturated rings. The van der Waals surface area contributed by atoms with Crippen LogP contribution in [0.3, 0.4) is 0 Å². The van der Waals surface area contributed by atoms with Crippen molar-refractivity contribution in [1.29, 1.82) is 0 Å². The zero-order chi connectivity index (χ0) is 13.1. The predicted octanol–water partition coefficient (Wildman–Crippen LogP) is 1.85. The maximum atomic E-state index is 11.9. The minimum absolute atomic E-state index is 0.182. The summed E-state index contributed by atoms with van der Waals surface area (Å²) in [7, 11) is 0. The van der Waals surface area contributed by atoms with E-state index in [1.54, 1.807) is 20.8 Å². The summed E-state index contributed by atoms with van der Waals surface area (Å²) in [5.74, 6) is -1.19. The number of ether oxygens (including phenoxy) is 2. The van der Waals surface area contributed by atoms with Crippen LogP contribution in [0, 0.1) is 11.3 Å². The normalized spacial score (nSPS) is 20.1. The molecule has 1 rings (SSSR count). The van der Waals surface area contributed by atoms with Gasteiger partial charge in [-0.1, -0.05) is 6.58 Å². The molecule has 0 amide bonds. The van der Waals surface area contributed by atoms with Crippen LogP contribution in [0.1, 0.15) is 27.2 Å². The number of carbonyl (C=O) groups is 2. The zero-order valence-electron chi connectivity index (χ0n) is 10.5. The number of rotatable bonds is 5. The van der Waals surface area contributed by atoms with E-state index in [0.29, 0.717) is 6.42 Å². The third-order valence-corrected chi connectivity index (χ3v) is 3.04. The number of esters is 2. The maximum Gasteiger partial charge on any atom is 0.324 e. The second-order valence-corrected chi connectivity index (χ2v) is 4.03. The number of allylic oxidation sites excluding steroid dienone is 1. The molecule has 0 aliphatic heterocycles. The Morgan fingerprint density at radius 2 is 1.76 bits per heavy atom. The lowest BCUT2D eigenvalue weighted by Crippen LogP contribution is -2.32. The van der Waals surface area contributed by atoms with Crippen molar-refractivity contribution < 1.29 is 19.1 Å². The highest BCUT2D eigenvalue weighted by Crippen LogP contribution is 2.57. The minimum atomic E-state index is -1.15. The summed E-state index contributed by atoms with van der Waals surface area (Å²) in [6.07, 6.45) is 0.430. The molecule has 1 unspecified atom stereocenters. The molecule has 0 radical (unpaired) electrons. The first-order chi connectivity index (χ1) is 8.04. The van der Waals surface area contributed by atoms with Crippen molar-refractivity contribution in [3.05, 3.63) is 17.9 Å². The summed E-state index contributed by atoms with van der Waals surface area (Å²) in [5.41, 5.74) is 2.37. The van der Waals surface area contributed by atoms with E-state index in [1.807, 2.05) is 0 Å². The molecule has 1 aliphatic rings. The van der Waals surface area contributed by atoms with Crippen LogP contribution < -0.4 is 0 Å². The second-order valence-electron chi connectivity index (χ2n) is 4.03. The largest absolute Gasteiger partial charge is 0.465 e. The molecule has 1 saturated carbocycles. The van der Waals surface area contributed by atoms with Crippen LogP contribution in [0.2, 0.25) is 0 Å². The van der Waals surface area contributed by atoms with Crippen molar-refractivity contribution in [2.75, 3.05) is 13.2 Å². The molecule has 4 nitrogen and oxygen atoms in total. The Morgan fingerprint density at radius 3 is 2.12 bits per heavy atom. The van der Waals surface area contributed by atoms with Gasteiger partial charge in [-0.15, -0.1) is 5.73 Å². The highest BCUT2D eigenvalue weighted by Gasteiger charge is 2.68. The van der Waals surface area contributed by atoms with Gasteiger partial charge in [0.05, 0.1) is 13.2 Å². The topological polar surface area (TPSA) is 52.6 Å². The van der Waals surface area contributed by atoms with Crippen molar-refractivity contribution in [3.8, 4) is 0 Å². The van der Waals surface area contributed by atoms with Crippen molar-refractivity contribution in [3.63, 3.8) is 0 Å². The SMILES string of the molecule is C=C=C(C)C1CC1(C(=O)OCC)C(=O)OCC. The fourth-order valence-electron chi connectivity index (χ4n) is 1.96. The molecule has 0 aromatic rings. The van der Waals surface area contributed by atoms with Crippen molar-refractivity contribution in [2.45, 2.75) is 27.2 Å². The third-order valence-electron chi connectivity index (χ3n) is 3.04. The van der Waals surface area contributed by atoms with Gasteiger partial charge in [0.15, 0.2) is 5.41 Å². The smallest absolute Gasteiger partial charge is 0.324 e. The predicted molar refractivity (Wildman–Crippen MR) is 62.1 cm³/mol. The Balaban J connectivity index is 2.94. The van der Waals surface area contributed by atoms with E-state index in [1.165, 1.54) is 0 Å². The van der Waals surface area contributed by atoms with Gasteiger partial charge in [0.2, 0.25) is 0 Å². The summed E-state index contributed by atoms with van der Waals surface area (Å²) in [4.78, 5) is 23.8. The zero-order valence-corrected chi connectivity index (χ0v) is 10.5. The maximum absolute atomic E-state index is 11.9. The van der Waals surface area contributed by atoms with Gasteiger partial charge in [-0.3, -0.25) is 9.59 Å². The first kappa shape index (κ1) is 13.5. The molecule has 0 spiro atoms. The lowest BCUT2D eigenvalue weighted by Gasteiger charge is -2.14. The van der Waals surface area contributed by atoms with Crippen LogP contribution in [0.15, 0.2) is 17.9 Å². The molecule has 17 heavy (non-hydrogen) atoms. The highest BCUT2D eigenvalue weighted by atomic mass is 16.6. The van der Waals surface area contributed by atoms with E-state index in [4.69, 9.17) is 9.47 Å². The van der Waals surface area contributed by atoms with Gasteiger partial charge >= 0.3 is 11.9 Å². The number of hydrogen-bond donors (Lipinski definition) is 0. The average molecular weight is 238 g/mol. The molecule has 0 heterocycles. The Kier molecular flexibility index (Phi) is 4.13. The van der Waals surface area contributed by atoms with Crippen LogP contribution in [0.5, 0.6) is 0 Å². The Hall–Kier alpha value is -1.54. The van der Waals surface area contributed by atoms with E-state index >= 15 is 0 Å². The van der Waals surface area contributed by atoms with E-state index in [2.05, 4.69) is 12.3 Å². The van der Waals surface area contributed by atoms with E-state index in [-0.39, 0.29) is 19.1 Å². The Bertz CT molecular complexity index is 359. The Labute approximate surface area is 101 Å². The van der Waals surface area contributed by atoms with Crippen LogP contribution >= 0.6 is 0 Å². The number of hydrogen-bond acceptors (Lipinski definition) is 4. The minimum Gasteiger partial charge on any atom is -0.465 e. The summed E-state index contributed by atoms with van der Waals surface area (Å²) < 4.78 is 9.92. The molecule has 0 saturated heterocycles. The third kappa shape index (κ3) is 2.27. The van der Waals surface area contributed by atoms with E-state index in [9.17, 15) is 9.59 Å². The van der Waals surface area contributed by atoms with Gasteiger partial charge in [-0.2, -0.15) is 0 Å². The quantitative estimate of drug-likeness (QED) is 0.416. The van der Waals surface area contributed by atoms with Crippen LogP contribution in [0.4, 0.5) is 0 Å². The molecule has 0 aromatic carbocycles. The lowest BCUT2D eigenvalue weighted by atomic mass is 10.0. The molecule has 1 aliphatic carbocycles. The molecule has 4 heteroatoms. The van der Waals surface area contributed by atoms with Crippen LogP contribution in [-0.2, 0) is 19.1 Å².